The van der Waals surface area contributed by atoms with Crippen LogP contribution in [0.2, 0.25) is 10.0 Å². The number of nitrogens with zero attached hydrogens (tertiary/aromatic N) is 1. The van der Waals surface area contributed by atoms with Crippen molar-refractivity contribution in [3.8, 4) is 5.75 Å². The maximum Gasteiger partial charge on any atom is 0.149 e. The first-order chi connectivity index (χ1) is 9.19. The summed E-state index contributed by atoms with van der Waals surface area (Å²) in [6.07, 6.45) is 1.54. The first kappa shape index (κ1) is 13.9. The van der Waals surface area contributed by atoms with Crippen molar-refractivity contribution in [3.63, 3.8) is 0 Å². The summed E-state index contributed by atoms with van der Waals surface area (Å²) in [5.41, 5.74) is 6.22. The number of benzene rings is 1. The molecule has 0 aliphatic heterocycles. The normalized spacial score (nSPS) is 10.3. The van der Waals surface area contributed by atoms with Gasteiger partial charge in [-0.05, 0) is 30.3 Å². The summed E-state index contributed by atoms with van der Waals surface area (Å²) in [5.74, 6) is 1.33. The fraction of sp³-hybridized carbons (Fsp3) is 0.154. The van der Waals surface area contributed by atoms with Crippen molar-refractivity contribution >= 4 is 34.7 Å². The van der Waals surface area contributed by atoms with Gasteiger partial charge in [-0.25, -0.2) is 4.98 Å². The maximum absolute atomic E-state index is 6.03. The van der Waals surface area contributed by atoms with Crippen LogP contribution in [0.25, 0.3) is 0 Å². The van der Waals surface area contributed by atoms with Gasteiger partial charge in [0.2, 0.25) is 0 Å². The smallest absolute Gasteiger partial charge is 0.149 e. The minimum absolute atomic E-state index is 0.468. The number of hydrogen-bond acceptors (Lipinski definition) is 4. The van der Waals surface area contributed by atoms with E-state index in [1.165, 1.54) is 6.20 Å². The summed E-state index contributed by atoms with van der Waals surface area (Å²) in [5, 5.41) is 4.07. The van der Waals surface area contributed by atoms with Crippen molar-refractivity contribution in [3.05, 3.63) is 46.6 Å². The van der Waals surface area contributed by atoms with Crippen molar-refractivity contribution in [2.24, 2.45) is 5.73 Å². The highest BCUT2D eigenvalue weighted by Gasteiger charge is 2.03. The molecule has 0 atom stereocenters. The zero-order valence-electron chi connectivity index (χ0n) is 10.1. The topological polar surface area (TPSA) is 60.2 Å². The number of halogens is 2. The Morgan fingerprint density at radius 2 is 1.95 bits per heavy atom. The molecule has 0 saturated heterocycles. The van der Waals surface area contributed by atoms with E-state index >= 15 is 0 Å². The van der Waals surface area contributed by atoms with Crippen LogP contribution in [0.1, 0.15) is 0 Å². The Morgan fingerprint density at radius 1 is 1.21 bits per heavy atom. The molecule has 19 heavy (non-hydrogen) atoms. The van der Waals surface area contributed by atoms with Crippen LogP contribution in [-0.4, -0.2) is 18.1 Å². The number of rotatable bonds is 5. The molecule has 1 heterocycles. The molecule has 0 unspecified atom stereocenters. The lowest BCUT2D eigenvalue weighted by Gasteiger charge is -2.09. The van der Waals surface area contributed by atoms with Crippen molar-refractivity contribution in [2.45, 2.75) is 0 Å². The van der Waals surface area contributed by atoms with Crippen LogP contribution in [0.15, 0.2) is 36.5 Å². The lowest BCUT2D eigenvalue weighted by Crippen LogP contribution is -2.10. The number of nitrogens with one attached hydrogen (secondary N) is 1. The van der Waals surface area contributed by atoms with E-state index in [0.29, 0.717) is 29.0 Å². The Labute approximate surface area is 121 Å². The van der Waals surface area contributed by atoms with E-state index < -0.39 is 0 Å². The zero-order chi connectivity index (χ0) is 13.7. The number of aromatic nitrogens is 1. The predicted molar refractivity (Wildman–Crippen MR) is 78.5 cm³/mol. The van der Waals surface area contributed by atoms with Crippen LogP contribution in [0.5, 0.6) is 5.75 Å². The monoisotopic (exact) mass is 297 g/mol. The van der Waals surface area contributed by atoms with E-state index in [2.05, 4.69) is 10.3 Å². The highest BCUT2D eigenvalue weighted by molar-refractivity contribution is 6.36. The first-order valence-electron chi connectivity index (χ1n) is 5.70. The van der Waals surface area contributed by atoms with Crippen LogP contribution >= 0.6 is 23.2 Å². The van der Waals surface area contributed by atoms with Gasteiger partial charge in [-0.1, -0.05) is 23.2 Å². The third-order valence-electron chi connectivity index (χ3n) is 2.31. The zero-order valence-corrected chi connectivity index (χ0v) is 11.6. The minimum Gasteiger partial charge on any atom is -0.492 e. The summed E-state index contributed by atoms with van der Waals surface area (Å²) in [7, 11) is 0. The largest absolute Gasteiger partial charge is 0.492 e. The van der Waals surface area contributed by atoms with Crippen LogP contribution in [0, 0.1) is 0 Å². The van der Waals surface area contributed by atoms with Crippen LogP contribution in [0.3, 0.4) is 0 Å². The minimum atomic E-state index is 0.468. The molecule has 0 aliphatic rings. The van der Waals surface area contributed by atoms with Crippen LogP contribution in [0.4, 0.5) is 11.5 Å². The Balaban J connectivity index is 2.06. The molecule has 0 radical (unpaired) electrons. The summed E-state index contributed by atoms with van der Waals surface area (Å²) in [4.78, 5) is 4.12. The Bertz CT molecular complexity index is 546. The Hall–Kier alpha value is -1.49. The number of anilines is 2. The molecule has 2 aromatic rings. The molecule has 1 aromatic heterocycles. The number of pyridine rings is 1. The highest BCUT2D eigenvalue weighted by Crippen LogP contribution is 2.26. The molecule has 0 bridgehead atoms. The van der Waals surface area contributed by atoms with E-state index in [1.54, 1.807) is 6.07 Å². The number of nitrogens with two attached hydrogens (primary N) is 1. The second-order valence-electron chi connectivity index (χ2n) is 3.77. The van der Waals surface area contributed by atoms with Crippen LogP contribution in [-0.2, 0) is 0 Å². The third-order valence-corrected chi connectivity index (χ3v) is 2.81. The molecule has 0 spiro atoms. The molecule has 100 valence electrons. The van der Waals surface area contributed by atoms with Gasteiger partial charge >= 0.3 is 0 Å². The summed E-state index contributed by atoms with van der Waals surface area (Å²) < 4.78 is 5.39. The Kier molecular flexibility index (Phi) is 4.85. The molecular weight excluding hydrogens is 285 g/mol. The summed E-state index contributed by atoms with van der Waals surface area (Å²) >= 11 is 11.8. The molecule has 2 rings (SSSR count). The molecule has 0 fully saturated rings. The van der Waals surface area contributed by atoms with E-state index in [0.717, 1.165) is 11.4 Å². The number of hydrogen-bond donors (Lipinski definition) is 2. The average Bonchev–Trinajstić information content (AvgIpc) is 2.41. The maximum atomic E-state index is 6.03. The van der Waals surface area contributed by atoms with Gasteiger partial charge in [0.15, 0.2) is 0 Å². The van der Waals surface area contributed by atoms with Gasteiger partial charge in [0.05, 0.1) is 10.0 Å². The second-order valence-corrected chi connectivity index (χ2v) is 4.61. The van der Waals surface area contributed by atoms with Gasteiger partial charge in [-0.3, -0.25) is 0 Å². The van der Waals surface area contributed by atoms with Crippen molar-refractivity contribution in [2.75, 3.05) is 18.5 Å². The van der Waals surface area contributed by atoms with Gasteiger partial charge in [-0.2, -0.15) is 0 Å². The first-order valence-corrected chi connectivity index (χ1v) is 6.45. The van der Waals surface area contributed by atoms with Gasteiger partial charge in [0.25, 0.3) is 0 Å². The fourth-order valence-corrected chi connectivity index (χ4v) is 1.88. The van der Waals surface area contributed by atoms with E-state index in [1.807, 2.05) is 24.3 Å². The lowest BCUT2D eigenvalue weighted by atomic mass is 10.3. The van der Waals surface area contributed by atoms with Gasteiger partial charge in [0.1, 0.15) is 18.2 Å². The van der Waals surface area contributed by atoms with Crippen molar-refractivity contribution in [1.82, 2.24) is 4.98 Å². The van der Waals surface area contributed by atoms with E-state index in [-0.39, 0.29) is 0 Å². The van der Waals surface area contributed by atoms with E-state index in [4.69, 9.17) is 33.7 Å². The molecule has 6 heteroatoms. The van der Waals surface area contributed by atoms with Crippen molar-refractivity contribution < 1.29 is 4.74 Å². The van der Waals surface area contributed by atoms with Crippen molar-refractivity contribution in [1.29, 1.82) is 0 Å². The molecule has 0 amide bonds. The number of ether oxygens (including phenoxy) is 1. The molecule has 1 aromatic carbocycles. The van der Waals surface area contributed by atoms with E-state index in [9.17, 15) is 0 Å². The molecule has 3 N–H and O–H groups in total. The van der Waals surface area contributed by atoms with Crippen LogP contribution < -0.4 is 15.8 Å². The second kappa shape index (κ2) is 6.61. The fourth-order valence-electron chi connectivity index (χ4n) is 1.45. The lowest BCUT2D eigenvalue weighted by molar-refractivity contribution is 0.328. The van der Waals surface area contributed by atoms with Gasteiger partial charge in [-0.15, -0.1) is 0 Å². The summed E-state index contributed by atoms with van der Waals surface area (Å²) in [6, 6.07) is 9.08. The summed E-state index contributed by atoms with van der Waals surface area (Å²) in [6.45, 7) is 0.988. The highest BCUT2D eigenvalue weighted by atomic mass is 35.5. The molecule has 0 saturated carbocycles. The third kappa shape index (κ3) is 3.99. The molecule has 4 nitrogen and oxygen atoms in total. The predicted octanol–water partition coefficient (Wildman–Crippen LogP) is 3.47. The molecule has 0 aliphatic carbocycles. The van der Waals surface area contributed by atoms with Gasteiger partial charge < -0.3 is 15.8 Å². The quantitative estimate of drug-likeness (QED) is 0.887. The van der Waals surface area contributed by atoms with Gasteiger partial charge in [0, 0.05) is 18.4 Å². The SMILES string of the molecule is NCCOc1ccc(Nc2ncc(Cl)cc2Cl)cc1. The average molecular weight is 298 g/mol. The Morgan fingerprint density at radius 3 is 2.58 bits per heavy atom. The standard InChI is InChI=1S/C13H13Cl2N3O/c14-9-7-12(15)13(17-8-9)18-10-1-3-11(4-2-10)19-6-5-16/h1-4,7-8H,5-6,16H2,(H,17,18). The molecular formula is C13H13Cl2N3O.